The summed E-state index contributed by atoms with van der Waals surface area (Å²) in [5.74, 6) is 0.187. The van der Waals surface area contributed by atoms with Gasteiger partial charge in [0.1, 0.15) is 7.14 Å². The monoisotopic (exact) mass is 244 g/mol. The van der Waals surface area contributed by atoms with Crippen molar-refractivity contribution in [2.24, 2.45) is 5.73 Å². The first-order chi connectivity index (χ1) is 7.34. The summed E-state index contributed by atoms with van der Waals surface area (Å²) in [6.07, 6.45) is 0.399. The standard InChI is InChI=1S/C9H13N2O4P/c1-14-7-4-6(16(2,3)13)5-11-8(7)15-9(10)12/h4-5H,1-3H3,(H2,10,12). The van der Waals surface area contributed by atoms with Gasteiger partial charge in [-0.2, -0.15) is 0 Å². The summed E-state index contributed by atoms with van der Waals surface area (Å²) in [6.45, 7) is 3.22. The minimum atomic E-state index is -2.43. The third-order valence-electron chi connectivity index (χ3n) is 1.84. The number of carbonyl (C=O) groups is 1. The molecule has 16 heavy (non-hydrogen) atoms. The van der Waals surface area contributed by atoms with Crippen molar-refractivity contribution in [2.75, 3.05) is 20.4 Å². The average molecular weight is 244 g/mol. The van der Waals surface area contributed by atoms with Crippen molar-refractivity contribution in [3.8, 4) is 11.6 Å². The second-order valence-corrected chi connectivity index (χ2v) is 6.69. The Kier molecular flexibility index (Phi) is 3.55. The van der Waals surface area contributed by atoms with Crippen LogP contribution in [0.5, 0.6) is 11.6 Å². The van der Waals surface area contributed by atoms with Crippen LogP contribution in [0.4, 0.5) is 4.79 Å². The van der Waals surface area contributed by atoms with Gasteiger partial charge in [-0.15, -0.1) is 0 Å². The van der Waals surface area contributed by atoms with E-state index in [4.69, 9.17) is 10.5 Å². The number of carbonyl (C=O) groups excluding carboxylic acids is 1. The van der Waals surface area contributed by atoms with E-state index in [9.17, 15) is 9.36 Å². The summed E-state index contributed by atoms with van der Waals surface area (Å²) < 4.78 is 21.4. The van der Waals surface area contributed by atoms with Gasteiger partial charge in [-0.25, -0.2) is 9.78 Å². The largest absolute Gasteiger partial charge is 0.491 e. The molecule has 1 aromatic rings. The first-order valence-corrected chi connectivity index (χ1v) is 7.01. The number of primary amides is 1. The molecule has 0 aromatic carbocycles. The third kappa shape index (κ3) is 2.97. The van der Waals surface area contributed by atoms with Gasteiger partial charge in [-0.1, -0.05) is 0 Å². The molecule has 2 N–H and O–H groups in total. The summed E-state index contributed by atoms with van der Waals surface area (Å²) >= 11 is 0. The molecule has 0 saturated heterocycles. The Morgan fingerprint density at radius 3 is 2.56 bits per heavy atom. The number of rotatable bonds is 3. The molecular weight excluding hydrogens is 231 g/mol. The van der Waals surface area contributed by atoms with E-state index in [0.717, 1.165) is 0 Å². The normalized spacial score (nSPS) is 10.9. The number of aromatic nitrogens is 1. The summed E-state index contributed by atoms with van der Waals surface area (Å²) in [6, 6.07) is 1.52. The summed E-state index contributed by atoms with van der Waals surface area (Å²) in [7, 11) is -1.03. The van der Waals surface area contributed by atoms with Gasteiger partial charge in [-0.3, -0.25) is 0 Å². The molecule has 0 bridgehead atoms. The zero-order valence-electron chi connectivity index (χ0n) is 9.26. The topological polar surface area (TPSA) is 91.5 Å². The SMILES string of the molecule is COc1cc(P(C)(C)=O)cnc1OC(N)=O. The lowest BCUT2D eigenvalue weighted by atomic mass is 10.4. The first kappa shape index (κ1) is 12.5. The zero-order chi connectivity index (χ0) is 12.3. The molecule has 1 rings (SSSR count). The van der Waals surface area contributed by atoms with Crippen LogP contribution in [-0.4, -0.2) is 31.5 Å². The Bertz CT molecular complexity index is 455. The van der Waals surface area contributed by atoms with E-state index < -0.39 is 13.2 Å². The summed E-state index contributed by atoms with van der Waals surface area (Å²) in [4.78, 5) is 14.4. The van der Waals surface area contributed by atoms with E-state index in [0.29, 0.717) is 5.30 Å². The van der Waals surface area contributed by atoms with Crippen LogP contribution >= 0.6 is 7.14 Å². The van der Waals surface area contributed by atoms with E-state index >= 15 is 0 Å². The van der Waals surface area contributed by atoms with Crippen molar-refractivity contribution >= 4 is 18.5 Å². The average Bonchev–Trinajstić information content (AvgIpc) is 2.15. The van der Waals surface area contributed by atoms with Crippen molar-refractivity contribution in [1.82, 2.24) is 4.98 Å². The van der Waals surface area contributed by atoms with Crippen LogP contribution in [0, 0.1) is 0 Å². The number of amides is 1. The van der Waals surface area contributed by atoms with Crippen molar-refractivity contribution in [3.05, 3.63) is 12.3 Å². The van der Waals surface area contributed by atoms with Crippen LogP contribution < -0.4 is 20.5 Å². The fourth-order valence-electron chi connectivity index (χ4n) is 1.03. The molecule has 0 unspecified atom stereocenters. The van der Waals surface area contributed by atoms with Crippen LogP contribution in [0.25, 0.3) is 0 Å². The highest BCUT2D eigenvalue weighted by atomic mass is 31.2. The van der Waals surface area contributed by atoms with Gasteiger partial charge in [0.15, 0.2) is 5.75 Å². The van der Waals surface area contributed by atoms with Crippen LogP contribution in [0.3, 0.4) is 0 Å². The van der Waals surface area contributed by atoms with Gasteiger partial charge in [-0.05, 0) is 19.4 Å². The Labute approximate surface area is 93.1 Å². The number of nitrogens with two attached hydrogens (primary N) is 1. The van der Waals surface area contributed by atoms with Gasteiger partial charge in [0.05, 0.1) is 7.11 Å². The van der Waals surface area contributed by atoms with Gasteiger partial charge in [0.2, 0.25) is 0 Å². The van der Waals surface area contributed by atoms with Crippen LogP contribution in [0.2, 0.25) is 0 Å². The molecule has 0 radical (unpaired) electrons. The smallest absolute Gasteiger partial charge is 0.411 e. The molecule has 0 aliphatic carbocycles. The van der Waals surface area contributed by atoms with E-state index in [-0.39, 0.29) is 11.6 Å². The maximum absolute atomic E-state index is 11.8. The number of methoxy groups -OCH3 is 1. The minimum absolute atomic E-state index is 0.0350. The molecule has 1 aromatic heterocycles. The van der Waals surface area contributed by atoms with Gasteiger partial charge in [0.25, 0.3) is 5.88 Å². The lowest BCUT2D eigenvalue weighted by Crippen LogP contribution is -2.18. The Balaban J connectivity index is 3.17. The van der Waals surface area contributed by atoms with Crippen molar-refractivity contribution < 1.29 is 18.8 Å². The van der Waals surface area contributed by atoms with E-state index in [1.54, 1.807) is 13.3 Å². The molecule has 0 fully saturated rings. The predicted molar refractivity (Wildman–Crippen MR) is 60.1 cm³/mol. The highest BCUT2D eigenvalue weighted by Crippen LogP contribution is 2.36. The molecule has 0 spiro atoms. The molecule has 6 nitrogen and oxygen atoms in total. The Hall–Kier alpha value is -1.55. The molecule has 0 aliphatic heterocycles. The Morgan fingerprint density at radius 2 is 2.12 bits per heavy atom. The quantitative estimate of drug-likeness (QED) is 0.794. The molecule has 0 atom stereocenters. The van der Waals surface area contributed by atoms with Crippen molar-refractivity contribution in [3.63, 3.8) is 0 Å². The van der Waals surface area contributed by atoms with Crippen LogP contribution in [0.15, 0.2) is 12.3 Å². The highest BCUT2D eigenvalue weighted by Gasteiger charge is 2.16. The predicted octanol–water partition coefficient (Wildman–Crippen LogP) is 0.796. The van der Waals surface area contributed by atoms with Crippen LogP contribution in [0.1, 0.15) is 0 Å². The van der Waals surface area contributed by atoms with Gasteiger partial charge in [0, 0.05) is 11.5 Å². The highest BCUT2D eigenvalue weighted by molar-refractivity contribution is 7.70. The zero-order valence-corrected chi connectivity index (χ0v) is 10.2. The summed E-state index contributed by atoms with van der Waals surface area (Å²) in [5, 5.41) is 0.543. The van der Waals surface area contributed by atoms with Gasteiger partial charge >= 0.3 is 6.09 Å². The second-order valence-electron chi connectivity index (χ2n) is 3.47. The first-order valence-electron chi connectivity index (χ1n) is 4.41. The molecule has 0 saturated carbocycles. The second kappa shape index (κ2) is 4.53. The molecular formula is C9H13N2O4P. The number of ether oxygens (including phenoxy) is 2. The van der Waals surface area contributed by atoms with Gasteiger partial charge < -0.3 is 19.8 Å². The lowest BCUT2D eigenvalue weighted by molar-refractivity contribution is 0.206. The third-order valence-corrected chi connectivity index (χ3v) is 3.33. The minimum Gasteiger partial charge on any atom is -0.491 e. The fraction of sp³-hybridized carbons (Fsp3) is 0.333. The maximum atomic E-state index is 11.8. The Morgan fingerprint density at radius 1 is 1.50 bits per heavy atom. The summed E-state index contributed by atoms with van der Waals surface area (Å²) in [5.41, 5.74) is 4.86. The molecule has 1 amide bonds. The number of pyridine rings is 1. The van der Waals surface area contributed by atoms with E-state index in [1.165, 1.54) is 19.4 Å². The van der Waals surface area contributed by atoms with Crippen molar-refractivity contribution in [2.45, 2.75) is 0 Å². The molecule has 7 heteroatoms. The van der Waals surface area contributed by atoms with E-state index in [1.807, 2.05) is 0 Å². The number of hydrogen-bond donors (Lipinski definition) is 1. The number of hydrogen-bond acceptors (Lipinski definition) is 5. The molecule has 88 valence electrons. The number of nitrogens with zero attached hydrogens (tertiary/aromatic N) is 1. The van der Waals surface area contributed by atoms with Crippen molar-refractivity contribution in [1.29, 1.82) is 0 Å². The van der Waals surface area contributed by atoms with Crippen LogP contribution in [-0.2, 0) is 4.57 Å². The van der Waals surface area contributed by atoms with E-state index in [2.05, 4.69) is 9.72 Å². The maximum Gasteiger partial charge on any atom is 0.411 e. The molecule has 1 heterocycles. The lowest BCUT2D eigenvalue weighted by Gasteiger charge is -2.10. The molecule has 0 aliphatic rings. The fourth-order valence-corrected chi connectivity index (χ4v) is 1.80.